The number of ether oxygens (including phenoxy) is 2. The van der Waals surface area contributed by atoms with Gasteiger partial charge in [-0.2, -0.15) is 5.10 Å². The molecule has 1 aliphatic carbocycles. The number of hydrogen-bond donors (Lipinski definition) is 0. The van der Waals surface area contributed by atoms with Crippen molar-refractivity contribution in [2.24, 2.45) is 0 Å². The van der Waals surface area contributed by atoms with Crippen LogP contribution in [-0.2, 0) is 11.2 Å². The molecule has 1 aromatic heterocycles. The minimum Gasteiger partial charge on any atom is -0.490 e. The summed E-state index contributed by atoms with van der Waals surface area (Å²) in [6.45, 7) is 4.87. The van der Waals surface area contributed by atoms with Gasteiger partial charge in [0.15, 0.2) is 0 Å². The predicted molar refractivity (Wildman–Crippen MR) is 161 cm³/mol. The van der Waals surface area contributed by atoms with Gasteiger partial charge >= 0.3 is 0 Å². The second-order valence-corrected chi connectivity index (χ2v) is 10.7. The summed E-state index contributed by atoms with van der Waals surface area (Å²) >= 11 is 0. The first-order chi connectivity index (χ1) is 18.0. The highest BCUT2D eigenvalue weighted by Gasteiger charge is 2.22. The number of likely N-dealkylation sites (tertiary alicyclic amines) is 1. The van der Waals surface area contributed by atoms with Gasteiger partial charge in [-0.15, -0.1) is 29.9 Å². The second-order valence-electron chi connectivity index (χ2n) is 10.7. The Labute approximate surface area is 246 Å². The summed E-state index contributed by atoms with van der Waals surface area (Å²) in [6.07, 6.45) is 12.2. The lowest BCUT2D eigenvalue weighted by atomic mass is 9.97. The Morgan fingerprint density at radius 2 is 1.62 bits per heavy atom. The Morgan fingerprint density at radius 3 is 2.26 bits per heavy atom. The molecule has 0 bridgehead atoms. The Bertz CT molecular complexity index is 992. The van der Waals surface area contributed by atoms with Crippen molar-refractivity contribution < 1.29 is 14.3 Å². The summed E-state index contributed by atoms with van der Waals surface area (Å²) in [5.74, 6) is 1.72. The van der Waals surface area contributed by atoms with Gasteiger partial charge in [0.2, 0.25) is 11.8 Å². The van der Waals surface area contributed by atoms with Gasteiger partial charge in [0.1, 0.15) is 11.9 Å². The summed E-state index contributed by atoms with van der Waals surface area (Å²) < 4.78 is 12.6. The van der Waals surface area contributed by atoms with Crippen LogP contribution in [-0.4, -0.2) is 71.8 Å². The largest absolute Gasteiger partial charge is 0.490 e. The highest BCUT2D eigenvalue weighted by atomic mass is 35.5. The van der Waals surface area contributed by atoms with Gasteiger partial charge in [-0.25, -0.2) is 0 Å². The summed E-state index contributed by atoms with van der Waals surface area (Å²) in [6, 6.07) is 10.5. The van der Waals surface area contributed by atoms with Crippen LogP contribution < -0.4 is 9.47 Å². The number of hydrogen-bond acceptors (Lipinski definition) is 6. The number of aromatic nitrogens is 2. The number of nitrogens with zero attached hydrogens (tertiary/aromatic N) is 4. The van der Waals surface area contributed by atoms with E-state index in [1.807, 2.05) is 14.1 Å². The molecule has 39 heavy (non-hydrogen) atoms. The molecule has 0 unspecified atom stereocenters. The molecule has 1 amide bonds. The molecular formula is C30H46Cl2N4O3. The molecule has 1 saturated heterocycles. The van der Waals surface area contributed by atoms with Crippen LogP contribution >= 0.6 is 24.8 Å². The van der Waals surface area contributed by atoms with E-state index in [4.69, 9.17) is 9.47 Å². The Morgan fingerprint density at radius 1 is 0.949 bits per heavy atom. The minimum absolute atomic E-state index is 0. The molecular weight excluding hydrogens is 535 g/mol. The van der Waals surface area contributed by atoms with Crippen molar-refractivity contribution >= 4 is 30.7 Å². The second kappa shape index (κ2) is 16.9. The summed E-state index contributed by atoms with van der Waals surface area (Å²) in [5, 5.41) is 9.04. The molecule has 0 N–H and O–H groups in total. The van der Waals surface area contributed by atoms with Crippen LogP contribution in [0.3, 0.4) is 0 Å². The SMILES string of the molecule is CCCCc1nnc(OC2CCN(CCC(=O)N(C)C)CC2)cc1-c1ccc(OC2CCCCC2)cc1.Cl.Cl. The number of amides is 1. The smallest absolute Gasteiger partial charge is 0.234 e. The number of rotatable bonds is 11. The molecule has 1 saturated carbocycles. The first-order valence-electron chi connectivity index (χ1n) is 14.2. The topological polar surface area (TPSA) is 67.8 Å². The van der Waals surface area contributed by atoms with E-state index in [1.165, 1.54) is 19.3 Å². The fraction of sp³-hybridized carbons (Fsp3) is 0.633. The van der Waals surface area contributed by atoms with E-state index < -0.39 is 0 Å². The van der Waals surface area contributed by atoms with Crippen molar-refractivity contribution in [1.29, 1.82) is 0 Å². The lowest BCUT2D eigenvalue weighted by Gasteiger charge is -2.31. The van der Waals surface area contributed by atoms with Gasteiger partial charge in [-0.05, 0) is 69.1 Å². The van der Waals surface area contributed by atoms with Gasteiger partial charge < -0.3 is 19.3 Å². The van der Waals surface area contributed by atoms with Crippen molar-refractivity contribution in [3.05, 3.63) is 36.0 Å². The van der Waals surface area contributed by atoms with Gasteiger partial charge in [0.25, 0.3) is 0 Å². The summed E-state index contributed by atoms with van der Waals surface area (Å²) in [5.41, 5.74) is 3.25. The fourth-order valence-corrected chi connectivity index (χ4v) is 5.22. The number of carbonyl (C=O) groups is 1. The molecule has 4 rings (SSSR count). The van der Waals surface area contributed by atoms with Crippen LogP contribution in [0.2, 0.25) is 0 Å². The quantitative estimate of drug-likeness (QED) is 0.308. The van der Waals surface area contributed by atoms with Gasteiger partial charge in [0, 0.05) is 51.8 Å². The molecule has 0 radical (unpaired) electrons. The maximum Gasteiger partial charge on any atom is 0.234 e. The van der Waals surface area contributed by atoms with Gasteiger partial charge in [-0.1, -0.05) is 31.9 Å². The maximum atomic E-state index is 11.9. The van der Waals surface area contributed by atoms with Crippen LogP contribution in [0.5, 0.6) is 11.6 Å². The van der Waals surface area contributed by atoms with Crippen molar-refractivity contribution in [1.82, 2.24) is 20.0 Å². The van der Waals surface area contributed by atoms with Crippen LogP contribution in [0.25, 0.3) is 11.1 Å². The molecule has 2 aromatic rings. The first-order valence-corrected chi connectivity index (χ1v) is 14.2. The molecule has 0 spiro atoms. The number of carbonyl (C=O) groups excluding carboxylic acids is 1. The minimum atomic E-state index is 0. The number of piperidine rings is 1. The molecule has 2 fully saturated rings. The first kappa shape index (κ1) is 33.1. The van der Waals surface area contributed by atoms with Crippen LogP contribution in [0, 0.1) is 0 Å². The predicted octanol–water partition coefficient (Wildman–Crippen LogP) is 6.36. The van der Waals surface area contributed by atoms with Crippen molar-refractivity contribution in [3.8, 4) is 22.8 Å². The lowest BCUT2D eigenvalue weighted by Crippen LogP contribution is -2.40. The third-order valence-corrected chi connectivity index (χ3v) is 7.60. The van der Waals surface area contributed by atoms with Gasteiger partial charge in [0.05, 0.1) is 11.8 Å². The van der Waals surface area contributed by atoms with Crippen LogP contribution in [0.15, 0.2) is 30.3 Å². The number of unbranched alkanes of at least 4 members (excludes halogenated alkanes) is 1. The average Bonchev–Trinajstić information content (AvgIpc) is 2.92. The molecule has 2 heterocycles. The zero-order valence-electron chi connectivity index (χ0n) is 23.8. The molecule has 1 aromatic carbocycles. The monoisotopic (exact) mass is 580 g/mol. The lowest BCUT2D eigenvalue weighted by molar-refractivity contribution is -0.129. The zero-order valence-corrected chi connectivity index (χ0v) is 25.4. The molecule has 1 aliphatic heterocycles. The fourth-order valence-electron chi connectivity index (χ4n) is 5.22. The zero-order chi connectivity index (χ0) is 26.0. The van der Waals surface area contributed by atoms with E-state index in [0.29, 0.717) is 18.4 Å². The number of aryl methyl sites for hydroxylation is 1. The Kier molecular flexibility index (Phi) is 14.3. The summed E-state index contributed by atoms with van der Waals surface area (Å²) in [7, 11) is 3.62. The van der Waals surface area contributed by atoms with E-state index in [1.54, 1.807) is 4.90 Å². The highest BCUT2D eigenvalue weighted by molar-refractivity contribution is 5.85. The van der Waals surface area contributed by atoms with E-state index in [9.17, 15) is 4.79 Å². The van der Waals surface area contributed by atoms with Crippen molar-refractivity contribution in [2.75, 3.05) is 33.7 Å². The van der Waals surface area contributed by atoms with E-state index in [0.717, 1.165) is 87.2 Å². The third kappa shape index (κ3) is 10.1. The molecule has 2 aliphatic rings. The van der Waals surface area contributed by atoms with Crippen LogP contribution in [0.4, 0.5) is 0 Å². The maximum absolute atomic E-state index is 11.9. The normalized spacial score (nSPS) is 16.6. The van der Waals surface area contributed by atoms with Crippen molar-refractivity contribution in [2.45, 2.75) is 89.8 Å². The van der Waals surface area contributed by atoms with Crippen LogP contribution in [0.1, 0.15) is 76.8 Å². The average molecular weight is 582 g/mol. The number of benzene rings is 1. The third-order valence-electron chi connectivity index (χ3n) is 7.60. The Balaban J connectivity index is 0.00000267. The summed E-state index contributed by atoms with van der Waals surface area (Å²) in [4.78, 5) is 15.9. The van der Waals surface area contributed by atoms with E-state index >= 15 is 0 Å². The molecule has 9 heteroatoms. The molecule has 218 valence electrons. The van der Waals surface area contributed by atoms with E-state index in [2.05, 4.69) is 52.4 Å². The van der Waals surface area contributed by atoms with Crippen molar-refractivity contribution in [3.63, 3.8) is 0 Å². The highest BCUT2D eigenvalue weighted by Crippen LogP contribution is 2.30. The number of halogens is 2. The standard InChI is InChI=1S/C30H44N4O3.2ClH/c1-4-5-11-28-27(23-12-14-25(15-13-23)36-24-9-7-6-8-10-24)22-29(32-31-28)37-26-16-19-34(20-17-26)21-18-30(35)33(2)3;;/h12-15,22,24,26H,4-11,16-21H2,1-3H3;2*1H. The molecule has 7 nitrogen and oxygen atoms in total. The van der Waals surface area contributed by atoms with E-state index in [-0.39, 0.29) is 36.8 Å². The van der Waals surface area contributed by atoms with Gasteiger partial charge in [-0.3, -0.25) is 4.79 Å². The molecule has 0 atom stereocenters. The Hall–Kier alpha value is -2.09.